The second-order valence-electron chi connectivity index (χ2n) is 10.0. The Bertz CT molecular complexity index is 1240. The zero-order chi connectivity index (χ0) is 27.8. The van der Waals surface area contributed by atoms with Crippen molar-refractivity contribution in [1.29, 1.82) is 0 Å². The molecule has 1 saturated heterocycles. The Kier molecular flexibility index (Phi) is 10.4. The molecule has 5 nitrogen and oxygen atoms in total. The van der Waals surface area contributed by atoms with Gasteiger partial charge in [0.05, 0.1) is 19.0 Å². The standard InChI is InChI=1S/C31H37ClF2N2O3/c1-4-37-31-29(32)18-24(19-35-31)27-8-5-7-23-17-25(39-34)11-12-28(23)30(27)21(2)9-10-22(3)38-26-13-16-36(20-26)15-6-14-33/h9-12,17-19,26H,4-8,13-16,20H2,1-3H3/b21-9+,22-10+/t26-/m0/s1. The summed E-state index contributed by atoms with van der Waals surface area (Å²) in [4.78, 5) is 10.8. The quantitative estimate of drug-likeness (QED) is 0.207. The predicted molar refractivity (Wildman–Crippen MR) is 152 cm³/mol. The monoisotopic (exact) mass is 558 g/mol. The fraction of sp³-hybridized carbons (Fsp3) is 0.452. The van der Waals surface area contributed by atoms with Crippen molar-refractivity contribution < 1.29 is 23.3 Å². The third-order valence-corrected chi connectivity index (χ3v) is 7.47. The summed E-state index contributed by atoms with van der Waals surface area (Å²) < 4.78 is 37.3. The molecule has 1 aliphatic heterocycles. The van der Waals surface area contributed by atoms with Crippen molar-refractivity contribution in [2.24, 2.45) is 0 Å². The summed E-state index contributed by atoms with van der Waals surface area (Å²) >= 11 is 6.53. The third kappa shape index (κ3) is 7.40. The molecule has 0 unspecified atom stereocenters. The first-order valence-corrected chi connectivity index (χ1v) is 14.1. The number of rotatable bonds is 11. The molecule has 0 spiro atoms. The summed E-state index contributed by atoms with van der Waals surface area (Å²) in [5.41, 5.74) is 6.24. The van der Waals surface area contributed by atoms with Crippen LogP contribution in [0, 0.1) is 0 Å². The number of ether oxygens (including phenoxy) is 2. The summed E-state index contributed by atoms with van der Waals surface area (Å²) in [6.07, 6.45) is 9.98. The van der Waals surface area contributed by atoms with Gasteiger partial charge in [0.1, 0.15) is 11.1 Å². The molecule has 0 amide bonds. The van der Waals surface area contributed by atoms with E-state index in [1.807, 2.05) is 38.3 Å². The SMILES string of the molecule is CCOc1ncc(C2=C(/C(C)=C/C=C(\C)O[C@H]3CCN(CCCF)C3)c3ccc(OF)cc3CCC2)cc1Cl. The van der Waals surface area contributed by atoms with E-state index in [9.17, 15) is 8.92 Å². The Labute approximate surface area is 235 Å². The summed E-state index contributed by atoms with van der Waals surface area (Å²) in [5, 5.41) is 0.467. The molecule has 2 aromatic rings. The number of fused-ring (bicyclic) bond motifs is 1. The maximum atomic E-state index is 13.0. The van der Waals surface area contributed by atoms with Crippen molar-refractivity contribution in [1.82, 2.24) is 9.88 Å². The number of pyridine rings is 1. The average Bonchev–Trinajstić information content (AvgIpc) is 3.29. The number of allylic oxidation sites excluding steroid dienone is 6. The van der Waals surface area contributed by atoms with Crippen molar-refractivity contribution >= 4 is 22.7 Å². The van der Waals surface area contributed by atoms with Crippen LogP contribution in [-0.2, 0) is 11.2 Å². The van der Waals surface area contributed by atoms with Gasteiger partial charge < -0.3 is 9.47 Å². The molecule has 1 aromatic heterocycles. The van der Waals surface area contributed by atoms with E-state index >= 15 is 0 Å². The Morgan fingerprint density at radius 1 is 1.21 bits per heavy atom. The van der Waals surface area contributed by atoms with Crippen LogP contribution in [0.25, 0.3) is 11.1 Å². The summed E-state index contributed by atoms with van der Waals surface area (Å²) in [7, 11) is 0. The molecule has 2 aliphatic rings. The highest BCUT2D eigenvalue weighted by Gasteiger charge is 2.24. The van der Waals surface area contributed by atoms with E-state index < -0.39 is 0 Å². The molecule has 0 N–H and O–H groups in total. The number of nitrogens with zero attached hydrogens (tertiary/aromatic N) is 2. The van der Waals surface area contributed by atoms with E-state index in [1.54, 1.807) is 12.1 Å². The summed E-state index contributed by atoms with van der Waals surface area (Å²) in [6, 6.07) is 7.25. The molecule has 0 bridgehead atoms. The normalized spacial score (nSPS) is 18.7. The molecule has 210 valence electrons. The third-order valence-electron chi connectivity index (χ3n) is 7.20. The van der Waals surface area contributed by atoms with E-state index in [2.05, 4.69) is 27.8 Å². The molecule has 0 saturated carbocycles. The zero-order valence-corrected chi connectivity index (χ0v) is 23.7. The minimum absolute atomic E-state index is 0.110. The smallest absolute Gasteiger partial charge is 0.232 e. The van der Waals surface area contributed by atoms with Crippen molar-refractivity contribution in [2.45, 2.75) is 59.0 Å². The second-order valence-corrected chi connectivity index (χ2v) is 10.5. The molecule has 1 aromatic carbocycles. The molecule has 4 rings (SSSR count). The minimum atomic E-state index is -0.285. The van der Waals surface area contributed by atoms with Crippen molar-refractivity contribution in [3.8, 4) is 11.6 Å². The number of benzene rings is 1. The number of aromatic nitrogens is 1. The molecule has 1 aliphatic carbocycles. The number of alkyl halides is 1. The maximum absolute atomic E-state index is 13.0. The first-order chi connectivity index (χ1) is 18.9. The van der Waals surface area contributed by atoms with Crippen LogP contribution in [0.1, 0.15) is 63.1 Å². The van der Waals surface area contributed by atoms with Gasteiger partial charge in [0.25, 0.3) is 0 Å². The van der Waals surface area contributed by atoms with E-state index in [1.165, 1.54) is 0 Å². The molecular weight excluding hydrogens is 522 g/mol. The highest BCUT2D eigenvalue weighted by Crippen LogP contribution is 2.41. The highest BCUT2D eigenvalue weighted by molar-refractivity contribution is 6.32. The topological polar surface area (TPSA) is 43.8 Å². The molecule has 1 fully saturated rings. The Morgan fingerprint density at radius 2 is 2.05 bits per heavy atom. The van der Waals surface area contributed by atoms with Crippen LogP contribution in [0.3, 0.4) is 0 Å². The van der Waals surface area contributed by atoms with Gasteiger partial charge in [0, 0.05) is 30.4 Å². The first kappa shape index (κ1) is 29.1. The molecule has 0 radical (unpaired) electrons. The lowest BCUT2D eigenvalue weighted by molar-refractivity contribution is -0.00629. The predicted octanol–water partition coefficient (Wildman–Crippen LogP) is 7.94. The summed E-state index contributed by atoms with van der Waals surface area (Å²) in [5.74, 6) is 1.45. The summed E-state index contributed by atoms with van der Waals surface area (Å²) in [6.45, 7) is 8.66. The molecular formula is C31H37ClF2N2O3. The van der Waals surface area contributed by atoms with Crippen molar-refractivity contribution in [3.63, 3.8) is 0 Å². The zero-order valence-electron chi connectivity index (χ0n) is 22.9. The lowest BCUT2D eigenvalue weighted by Gasteiger charge is -2.18. The second kappa shape index (κ2) is 13.9. The van der Waals surface area contributed by atoms with Gasteiger partial charge >= 0.3 is 0 Å². The van der Waals surface area contributed by atoms with Gasteiger partial charge in [-0.2, -0.15) is 0 Å². The van der Waals surface area contributed by atoms with Crippen LogP contribution >= 0.6 is 11.6 Å². The van der Waals surface area contributed by atoms with Gasteiger partial charge in [-0.25, -0.2) is 4.98 Å². The minimum Gasteiger partial charge on any atom is -0.494 e. The van der Waals surface area contributed by atoms with Crippen molar-refractivity contribution in [3.05, 3.63) is 75.7 Å². The Balaban J connectivity index is 1.67. The van der Waals surface area contributed by atoms with Gasteiger partial charge in [-0.3, -0.25) is 14.2 Å². The highest BCUT2D eigenvalue weighted by atomic mass is 35.5. The van der Waals surface area contributed by atoms with Gasteiger partial charge in [-0.1, -0.05) is 23.7 Å². The van der Waals surface area contributed by atoms with Crippen LogP contribution in [-0.4, -0.2) is 48.9 Å². The average molecular weight is 559 g/mol. The lowest BCUT2D eigenvalue weighted by Crippen LogP contribution is -2.24. The fourth-order valence-corrected chi connectivity index (χ4v) is 5.61. The van der Waals surface area contributed by atoms with Crippen LogP contribution in [0.15, 0.2) is 53.9 Å². The largest absolute Gasteiger partial charge is 0.494 e. The number of halogens is 3. The Hall–Kier alpha value is -2.90. The molecule has 39 heavy (non-hydrogen) atoms. The van der Waals surface area contributed by atoms with Crippen molar-refractivity contribution in [2.75, 3.05) is 32.9 Å². The maximum Gasteiger partial charge on any atom is 0.232 e. The van der Waals surface area contributed by atoms with Gasteiger partial charge in [-0.15, -0.1) is 0 Å². The van der Waals surface area contributed by atoms with E-state index in [0.29, 0.717) is 23.9 Å². The van der Waals surface area contributed by atoms with Gasteiger partial charge in [0.2, 0.25) is 5.88 Å². The van der Waals surface area contributed by atoms with E-state index in [4.69, 9.17) is 21.1 Å². The van der Waals surface area contributed by atoms with E-state index in [-0.39, 0.29) is 18.5 Å². The van der Waals surface area contributed by atoms with Gasteiger partial charge in [-0.05, 0) is 111 Å². The molecule has 1 atom stereocenters. The first-order valence-electron chi connectivity index (χ1n) is 13.7. The molecule has 2 heterocycles. The van der Waals surface area contributed by atoms with Gasteiger partial charge in [0.15, 0.2) is 5.75 Å². The van der Waals surface area contributed by atoms with Crippen LogP contribution < -0.4 is 9.68 Å². The Morgan fingerprint density at radius 3 is 2.79 bits per heavy atom. The van der Waals surface area contributed by atoms with E-state index in [0.717, 1.165) is 84.5 Å². The lowest BCUT2D eigenvalue weighted by atomic mass is 9.88. The number of likely N-dealkylation sites (tertiary alicyclic amines) is 1. The number of hydrogen-bond donors (Lipinski definition) is 0. The van der Waals surface area contributed by atoms with Crippen LogP contribution in [0.2, 0.25) is 5.02 Å². The van der Waals surface area contributed by atoms with Crippen LogP contribution in [0.5, 0.6) is 11.6 Å². The number of aryl methyl sites for hydroxylation is 1. The fourth-order valence-electron chi connectivity index (χ4n) is 5.39. The molecule has 8 heteroatoms. The number of hydrogen-bond acceptors (Lipinski definition) is 5. The van der Waals surface area contributed by atoms with Crippen LogP contribution in [0.4, 0.5) is 8.92 Å².